The molecular weight excluding hydrogens is 438 g/mol. The summed E-state index contributed by atoms with van der Waals surface area (Å²) in [6, 6.07) is 26.8. The maximum Gasteiger partial charge on any atom is 0.313 e. The molecule has 0 aliphatic carbocycles. The molecule has 180 valence electrons. The number of anilines is 1. The molecule has 3 aromatic rings. The van der Waals surface area contributed by atoms with Gasteiger partial charge in [-0.05, 0) is 78.6 Å². The van der Waals surface area contributed by atoms with Crippen LogP contribution < -0.4 is 4.90 Å². The second-order valence-corrected chi connectivity index (χ2v) is 10.1. The van der Waals surface area contributed by atoms with Gasteiger partial charge in [0.15, 0.2) is 0 Å². The Labute approximate surface area is 209 Å². The lowest BCUT2D eigenvalue weighted by molar-refractivity contribution is -0.133. The first-order chi connectivity index (χ1) is 16.4. The molecule has 4 heteroatoms. The van der Waals surface area contributed by atoms with Gasteiger partial charge in [0.1, 0.15) is 0 Å². The monoisotopic (exact) mass is 475 g/mol. The van der Waals surface area contributed by atoms with Crippen molar-refractivity contribution in [3.8, 4) is 11.1 Å². The number of nitrogens with zero attached hydrogens (tertiary/aromatic N) is 1. The van der Waals surface area contributed by atoms with Crippen molar-refractivity contribution in [1.82, 2.24) is 0 Å². The predicted octanol–water partition coefficient (Wildman–Crippen LogP) is 7.99. The Morgan fingerprint density at radius 1 is 0.882 bits per heavy atom. The average Bonchev–Trinajstić information content (AvgIpc) is 2.84. The highest BCUT2D eigenvalue weighted by Crippen LogP contribution is 2.28. The van der Waals surface area contributed by atoms with Crippen LogP contribution in [0.25, 0.3) is 11.1 Å². The van der Waals surface area contributed by atoms with Crippen LogP contribution in [-0.2, 0) is 17.1 Å². The average molecular weight is 476 g/mol. The second-order valence-electron chi connectivity index (χ2n) is 9.11. The highest BCUT2D eigenvalue weighted by molar-refractivity contribution is 7.99. The van der Waals surface area contributed by atoms with E-state index in [1.807, 2.05) is 0 Å². The zero-order valence-electron chi connectivity index (χ0n) is 20.8. The molecule has 0 radical (unpaired) electrons. The Balaban J connectivity index is 1.73. The lowest BCUT2D eigenvalue weighted by atomic mass is 9.94. The van der Waals surface area contributed by atoms with E-state index in [1.54, 1.807) is 0 Å². The molecule has 0 atom stereocenters. The third-order valence-corrected chi connectivity index (χ3v) is 7.36. The number of benzene rings is 3. The maximum absolute atomic E-state index is 10.7. The number of carboxylic acids is 1. The van der Waals surface area contributed by atoms with Crippen LogP contribution in [0.2, 0.25) is 0 Å². The number of hydrogen-bond acceptors (Lipinski definition) is 3. The van der Waals surface area contributed by atoms with E-state index in [2.05, 4.69) is 105 Å². The third-order valence-electron chi connectivity index (χ3n) is 6.37. The van der Waals surface area contributed by atoms with Gasteiger partial charge in [-0.3, -0.25) is 4.79 Å². The Bertz CT molecular complexity index is 1040. The Morgan fingerprint density at radius 3 is 2.15 bits per heavy atom. The van der Waals surface area contributed by atoms with Crippen LogP contribution in [0.4, 0.5) is 5.69 Å². The van der Waals surface area contributed by atoms with Gasteiger partial charge in [0.05, 0.1) is 5.75 Å². The molecule has 0 heterocycles. The number of aliphatic carboxylic acids is 1. The first-order valence-electron chi connectivity index (χ1n) is 12.3. The van der Waals surface area contributed by atoms with Gasteiger partial charge in [-0.15, -0.1) is 11.8 Å². The minimum Gasteiger partial charge on any atom is -0.481 e. The van der Waals surface area contributed by atoms with Gasteiger partial charge in [-0.1, -0.05) is 68.4 Å². The van der Waals surface area contributed by atoms with E-state index in [-0.39, 0.29) is 5.75 Å². The zero-order chi connectivity index (χ0) is 24.5. The Morgan fingerprint density at radius 2 is 1.56 bits per heavy atom. The fourth-order valence-corrected chi connectivity index (χ4v) is 5.07. The lowest BCUT2D eigenvalue weighted by Gasteiger charge is -2.30. The van der Waals surface area contributed by atoms with Crippen LogP contribution in [0.15, 0.2) is 72.8 Å². The van der Waals surface area contributed by atoms with E-state index in [4.69, 9.17) is 5.11 Å². The van der Waals surface area contributed by atoms with Crippen LogP contribution in [-0.4, -0.2) is 22.9 Å². The topological polar surface area (TPSA) is 40.5 Å². The molecule has 0 aromatic heterocycles. The first kappa shape index (κ1) is 25.9. The number of carbonyl (C=O) groups is 1. The predicted molar refractivity (Wildman–Crippen MR) is 147 cm³/mol. The Hall–Kier alpha value is -2.72. The van der Waals surface area contributed by atoms with Crippen LogP contribution in [0.1, 0.15) is 63.1 Å². The summed E-state index contributed by atoms with van der Waals surface area (Å²) >= 11 is 1.43. The molecule has 0 fully saturated rings. The van der Waals surface area contributed by atoms with Gasteiger partial charge in [0.25, 0.3) is 0 Å². The molecule has 0 saturated carbocycles. The van der Waals surface area contributed by atoms with Gasteiger partial charge in [0.2, 0.25) is 0 Å². The van der Waals surface area contributed by atoms with E-state index < -0.39 is 5.97 Å². The second kappa shape index (κ2) is 12.7. The third kappa shape index (κ3) is 7.14. The molecule has 1 N–H and O–H groups in total. The smallest absolute Gasteiger partial charge is 0.313 e. The van der Waals surface area contributed by atoms with Gasteiger partial charge < -0.3 is 10.0 Å². The van der Waals surface area contributed by atoms with Gasteiger partial charge >= 0.3 is 5.97 Å². The number of rotatable bonds is 12. The van der Waals surface area contributed by atoms with Crippen molar-refractivity contribution in [3.05, 3.63) is 89.5 Å². The van der Waals surface area contributed by atoms with Crippen molar-refractivity contribution < 1.29 is 9.90 Å². The van der Waals surface area contributed by atoms with E-state index in [0.717, 1.165) is 12.1 Å². The molecule has 0 unspecified atom stereocenters. The molecule has 0 spiro atoms. The minimum absolute atomic E-state index is 0.136. The standard InChI is InChI=1S/C30H37NO2S/c1-5-25(6-2)26-14-16-29(17-15-26)31(22(3)4)19-24-8-7-9-28(18-24)27-12-10-23(11-13-27)20-34-21-30(32)33/h7-18,22,25H,5-6,19-21H2,1-4H3,(H,32,33). The Kier molecular flexibility index (Phi) is 9.64. The summed E-state index contributed by atoms with van der Waals surface area (Å²) in [6.45, 7) is 9.89. The summed E-state index contributed by atoms with van der Waals surface area (Å²) in [6.07, 6.45) is 2.36. The SMILES string of the molecule is CCC(CC)c1ccc(N(Cc2cccc(-c3ccc(CSCC(=O)O)cc3)c2)C(C)C)cc1. The van der Waals surface area contributed by atoms with Crippen molar-refractivity contribution in [1.29, 1.82) is 0 Å². The first-order valence-corrected chi connectivity index (χ1v) is 13.4. The van der Waals surface area contributed by atoms with Crippen molar-refractivity contribution in [2.24, 2.45) is 0 Å². The molecule has 0 bridgehead atoms. The van der Waals surface area contributed by atoms with E-state index in [9.17, 15) is 4.79 Å². The van der Waals surface area contributed by atoms with Crippen LogP contribution in [0.3, 0.4) is 0 Å². The van der Waals surface area contributed by atoms with Crippen LogP contribution in [0, 0.1) is 0 Å². The van der Waals surface area contributed by atoms with E-state index in [0.29, 0.717) is 17.7 Å². The van der Waals surface area contributed by atoms with Crippen molar-refractivity contribution in [2.45, 2.75) is 64.8 Å². The normalized spacial score (nSPS) is 11.2. The van der Waals surface area contributed by atoms with Crippen molar-refractivity contribution in [3.63, 3.8) is 0 Å². The summed E-state index contributed by atoms with van der Waals surface area (Å²) in [7, 11) is 0. The van der Waals surface area contributed by atoms with Gasteiger partial charge in [-0.25, -0.2) is 0 Å². The molecule has 3 aromatic carbocycles. The quantitative estimate of drug-likeness (QED) is 0.288. The molecule has 3 nitrogen and oxygen atoms in total. The van der Waals surface area contributed by atoms with Crippen molar-refractivity contribution in [2.75, 3.05) is 10.7 Å². The van der Waals surface area contributed by atoms with Crippen LogP contribution >= 0.6 is 11.8 Å². The number of carboxylic acid groups (broad SMARTS) is 1. The number of hydrogen-bond donors (Lipinski definition) is 1. The van der Waals surface area contributed by atoms with Crippen molar-refractivity contribution >= 4 is 23.4 Å². The molecule has 0 aliphatic rings. The summed E-state index contributed by atoms with van der Waals surface area (Å²) < 4.78 is 0. The largest absolute Gasteiger partial charge is 0.481 e. The van der Waals surface area contributed by atoms with Gasteiger partial charge in [0, 0.05) is 24.0 Å². The molecule has 0 saturated heterocycles. The van der Waals surface area contributed by atoms with Gasteiger partial charge in [-0.2, -0.15) is 0 Å². The van der Waals surface area contributed by atoms with E-state index >= 15 is 0 Å². The minimum atomic E-state index is -0.768. The molecule has 0 aliphatic heterocycles. The molecule has 34 heavy (non-hydrogen) atoms. The fraction of sp³-hybridized carbons (Fsp3) is 0.367. The van der Waals surface area contributed by atoms with Crippen LogP contribution in [0.5, 0.6) is 0 Å². The summed E-state index contributed by atoms with van der Waals surface area (Å²) in [4.78, 5) is 13.2. The van der Waals surface area contributed by atoms with E-state index in [1.165, 1.54) is 52.5 Å². The lowest BCUT2D eigenvalue weighted by Crippen LogP contribution is -2.30. The highest BCUT2D eigenvalue weighted by Gasteiger charge is 2.14. The molecule has 3 rings (SSSR count). The highest BCUT2D eigenvalue weighted by atomic mass is 32.2. The number of thioether (sulfide) groups is 1. The maximum atomic E-state index is 10.7. The summed E-state index contributed by atoms with van der Waals surface area (Å²) in [5.74, 6) is 0.721. The summed E-state index contributed by atoms with van der Waals surface area (Å²) in [5.41, 5.74) is 7.52. The summed E-state index contributed by atoms with van der Waals surface area (Å²) in [5, 5.41) is 8.81. The zero-order valence-corrected chi connectivity index (χ0v) is 21.6. The molecule has 0 amide bonds. The molecular formula is C30H37NO2S. The fourth-order valence-electron chi connectivity index (χ4n) is 4.37.